The van der Waals surface area contributed by atoms with Gasteiger partial charge in [-0.25, -0.2) is 4.79 Å². The Balaban J connectivity index is 2.79. The Bertz CT molecular complexity index is 479. The smallest absolute Gasteiger partial charge is 0.352 e. The Labute approximate surface area is 125 Å². The van der Waals surface area contributed by atoms with Crippen molar-refractivity contribution < 1.29 is 19.1 Å². The van der Waals surface area contributed by atoms with Gasteiger partial charge in [0.05, 0.1) is 7.11 Å². The molecule has 0 saturated carbocycles. The zero-order chi connectivity index (χ0) is 16.0. The number of nitrogens with zero attached hydrogens (tertiary/aromatic N) is 1. The van der Waals surface area contributed by atoms with Gasteiger partial charge >= 0.3 is 11.9 Å². The number of ether oxygens (including phenoxy) is 2. The second-order valence-electron chi connectivity index (χ2n) is 6.15. The normalized spacial score (nSPS) is 14.1. The number of pyridine rings is 1. The summed E-state index contributed by atoms with van der Waals surface area (Å²) in [7, 11) is 1.26. The average Bonchev–Trinajstić information content (AvgIpc) is 2.43. The van der Waals surface area contributed by atoms with Gasteiger partial charge in [0.25, 0.3) is 0 Å². The first kappa shape index (κ1) is 17.1. The van der Waals surface area contributed by atoms with Crippen molar-refractivity contribution in [3.05, 3.63) is 30.1 Å². The van der Waals surface area contributed by atoms with Crippen LogP contribution in [0.4, 0.5) is 0 Å². The number of esters is 2. The second-order valence-corrected chi connectivity index (χ2v) is 6.15. The molecule has 21 heavy (non-hydrogen) atoms. The monoisotopic (exact) mass is 293 g/mol. The van der Waals surface area contributed by atoms with Gasteiger partial charge in [-0.1, -0.05) is 33.8 Å². The lowest BCUT2D eigenvalue weighted by molar-refractivity contribution is -0.167. The fourth-order valence-corrected chi connectivity index (χ4v) is 1.63. The third-order valence-corrected chi connectivity index (χ3v) is 3.60. The molecule has 0 unspecified atom stereocenters. The van der Waals surface area contributed by atoms with Crippen LogP contribution in [0.3, 0.4) is 0 Å². The van der Waals surface area contributed by atoms with E-state index in [1.165, 1.54) is 13.3 Å². The van der Waals surface area contributed by atoms with Gasteiger partial charge in [0.1, 0.15) is 0 Å². The van der Waals surface area contributed by atoms with Crippen LogP contribution in [-0.2, 0) is 19.1 Å². The summed E-state index contributed by atoms with van der Waals surface area (Å²) < 4.78 is 10.00. The summed E-state index contributed by atoms with van der Waals surface area (Å²) in [6, 6.07) is 3.35. The predicted molar refractivity (Wildman–Crippen MR) is 78.3 cm³/mol. The number of carbonyl (C=O) groups excluding carboxylic acids is 2. The zero-order valence-corrected chi connectivity index (χ0v) is 13.3. The molecular weight excluding hydrogens is 270 g/mol. The molecular formula is C16H23NO4. The number of rotatable bonds is 5. The molecule has 0 N–H and O–H groups in total. The number of methoxy groups -OCH3 is 1. The maximum absolute atomic E-state index is 12.1. The Morgan fingerprint density at radius 3 is 2.48 bits per heavy atom. The van der Waals surface area contributed by atoms with Gasteiger partial charge in [0.2, 0.25) is 6.10 Å². The summed E-state index contributed by atoms with van der Waals surface area (Å²) in [5.41, 5.74) is 0.495. The highest BCUT2D eigenvalue weighted by atomic mass is 16.6. The van der Waals surface area contributed by atoms with E-state index in [9.17, 15) is 9.59 Å². The van der Waals surface area contributed by atoms with Crippen LogP contribution in [0.15, 0.2) is 24.5 Å². The fraction of sp³-hybridized carbons (Fsp3) is 0.562. The number of hydrogen-bond donors (Lipinski definition) is 0. The fourth-order valence-electron chi connectivity index (χ4n) is 1.63. The molecule has 0 aliphatic heterocycles. The van der Waals surface area contributed by atoms with Crippen LogP contribution >= 0.6 is 0 Å². The highest BCUT2D eigenvalue weighted by Gasteiger charge is 2.29. The van der Waals surface area contributed by atoms with E-state index >= 15 is 0 Å². The molecule has 1 aromatic rings. The van der Waals surface area contributed by atoms with E-state index in [1.54, 1.807) is 18.3 Å². The molecule has 0 amide bonds. The van der Waals surface area contributed by atoms with Gasteiger partial charge in [-0.3, -0.25) is 9.78 Å². The maximum atomic E-state index is 12.1. The first-order valence-electron chi connectivity index (χ1n) is 6.93. The van der Waals surface area contributed by atoms with Crippen LogP contribution in [0.2, 0.25) is 0 Å². The van der Waals surface area contributed by atoms with Crippen LogP contribution in [0.25, 0.3) is 0 Å². The van der Waals surface area contributed by atoms with Crippen molar-refractivity contribution >= 4 is 11.9 Å². The van der Waals surface area contributed by atoms with Crippen LogP contribution in [0, 0.1) is 11.3 Å². The number of carbonyl (C=O) groups is 2. The molecule has 0 aliphatic carbocycles. The topological polar surface area (TPSA) is 65.5 Å². The zero-order valence-electron chi connectivity index (χ0n) is 13.3. The van der Waals surface area contributed by atoms with E-state index in [4.69, 9.17) is 9.47 Å². The minimum Gasteiger partial charge on any atom is -0.466 e. The summed E-state index contributed by atoms with van der Waals surface area (Å²) in [6.07, 6.45) is 2.25. The predicted octanol–water partition coefficient (Wildman–Crippen LogP) is 2.91. The lowest BCUT2D eigenvalue weighted by atomic mass is 9.80. The quantitative estimate of drug-likeness (QED) is 0.781. The molecule has 0 saturated heterocycles. The van der Waals surface area contributed by atoms with E-state index in [0.717, 1.165) is 0 Å². The van der Waals surface area contributed by atoms with Crippen molar-refractivity contribution in [2.75, 3.05) is 7.11 Å². The lowest BCUT2D eigenvalue weighted by Crippen LogP contribution is -2.25. The average molecular weight is 293 g/mol. The van der Waals surface area contributed by atoms with Crippen LogP contribution in [0.5, 0.6) is 0 Å². The van der Waals surface area contributed by atoms with Gasteiger partial charge in [0.15, 0.2) is 0 Å². The summed E-state index contributed by atoms with van der Waals surface area (Å²) in [5, 5.41) is 0. The summed E-state index contributed by atoms with van der Waals surface area (Å²) in [6.45, 7) is 8.16. The summed E-state index contributed by atoms with van der Waals surface area (Å²) in [4.78, 5) is 27.8. The van der Waals surface area contributed by atoms with Gasteiger partial charge < -0.3 is 9.47 Å². The van der Waals surface area contributed by atoms with Gasteiger partial charge in [0, 0.05) is 24.4 Å². The number of hydrogen-bond acceptors (Lipinski definition) is 5. The Kier molecular flexibility index (Phi) is 5.88. The standard InChI is InChI=1S/C16H23NO4/c1-11(16(2,3)4)9-13(18)21-14(15(19)20-5)12-7-6-8-17-10-12/h6-8,10-11,14H,9H2,1-5H3/t11-,14-/m0/s1. The van der Waals surface area contributed by atoms with Crippen LogP contribution in [0.1, 0.15) is 45.8 Å². The molecule has 2 atom stereocenters. The van der Waals surface area contributed by atoms with Crippen molar-refractivity contribution in [2.45, 2.75) is 40.2 Å². The number of aromatic nitrogens is 1. The maximum Gasteiger partial charge on any atom is 0.352 e. The first-order valence-corrected chi connectivity index (χ1v) is 6.93. The van der Waals surface area contributed by atoms with Crippen molar-refractivity contribution in [3.63, 3.8) is 0 Å². The summed E-state index contributed by atoms with van der Waals surface area (Å²) in [5.74, 6) is -0.895. The van der Waals surface area contributed by atoms with Crippen molar-refractivity contribution in [2.24, 2.45) is 11.3 Å². The van der Waals surface area contributed by atoms with E-state index < -0.39 is 18.0 Å². The van der Waals surface area contributed by atoms with E-state index in [1.807, 2.05) is 6.92 Å². The van der Waals surface area contributed by atoms with Gasteiger partial charge in [-0.2, -0.15) is 0 Å². The van der Waals surface area contributed by atoms with E-state index in [0.29, 0.717) is 5.56 Å². The molecule has 0 aliphatic rings. The SMILES string of the molecule is COC(=O)[C@@H](OC(=O)C[C@H](C)C(C)(C)C)c1cccnc1. The molecule has 1 aromatic heterocycles. The Morgan fingerprint density at radius 2 is 2.00 bits per heavy atom. The molecule has 0 spiro atoms. The van der Waals surface area contributed by atoms with E-state index in [-0.39, 0.29) is 17.8 Å². The Hall–Kier alpha value is -1.91. The molecule has 0 fully saturated rings. The largest absolute Gasteiger partial charge is 0.466 e. The minimum atomic E-state index is -1.07. The molecule has 0 radical (unpaired) electrons. The van der Waals surface area contributed by atoms with Crippen LogP contribution in [-0.4, -0.2) is 24.0 Å². The highest BCUT2D eigenvalue weighted by molar-refractivity contribution is 5.80. The molecule has 5 nitrogen and oxygen atoms in total. The van der Waals surface area contributed by atoms with Gasteiger partial charge in [-0.15, -0.1) is 0 Å². The van der Waals surface area contributed by atoms with Crippen molar-refractivity contribution in [1.82, 2.24) is 4.98 Å². The summed E-state index contributed by atoms with van der Waals surface area (Å²) >= 11 is 0. The molecule has 0 aromatic carbocycles. The molecule has 0 bridgehead atoms. The van der Waals surface area contributed by atoms with E-state index in [2.05, 4.69) is 25.8 Å². The van der Waals surface area contributed by atoms with Gasteiger partial charge in [-0.05, 0) is 17.4 Å². The second kappa shape index (κ2) is 7.20. The molecule has 1 rings (SSSR count). The van der Waals surface area contributed by atoms with Crippen molar-refractivity contribution in [1.29, 1.82) is 0 Å². The lowest BCUT2D eigenvalue weighted by Gasteiger charge is -2.27. The minimum absolute atomic E-state index is 0.00587. The molecule has 1 heterocycles. The third kappa shape index (κ3) is 5.17. The van der Waals surface area contributed by atoms with Crippen LogP contribution < -0.4 is 0 Å². The molecule has 116 valence electrons. The highest BCUT2D eigenvalue weighted by Crippen LogP contribution is 2.29. The van der Waals surface area contributed by atoms with Crippen molar-refractivity contribution in [3.8, 4) is 0 Å². The molecule has 5 heteroatoms. The Morgan fingerprint density at radius 1 is 1.33 bits per heavy atom. The first-order chi connectivity index (χ1) is 9.75. The third-order valence-electron chi connectivity index (χ3n) is 3.60.